The fraction of sp³-hybridized carbons (Fsp3) is 0.609. The van der Waals surface area contributed by atoms with Crippen molar-refractivity contribution < 1.29 is 0 Å². The second-order valence-corrected chi connectivity index (χ2v) is 7.41. The van der Waals surface area contributed by atoms with Gasteiger partial charge in [-0.15, -0.1) is 0 Å². The zero-order valence-electron chi connectivity index (χ0n) is 16.6. The zero-order chi connectivity index (χ0) is 18.5. The van der Waals surface area contributed by atoms with Crippen LogP contribution in [-0.4, -0.2) is 9.55 Å². The number of nitrogens with two attached hydrogens (primary N) is 1. The van der Waals surface area contributed by atoms with E-state index in [4.69, 9.17) is 5.73 Å². The van der Waals surface area contributed by atoms with E-state index in [0.717, 1.165) is 12.2 Å². The largest absolute Gasteiger partial charge is 0.369 e. The van der Waals surface area contributed by atoms with Gasteiger partial charge in [0.15, 0.2) is 0 Å². The molecule has 2 rings (SSSR count). The molecule has 144 valence electrons. The van der Waals surface area contributed by atoms with Crippen LogP contribution in [0.3, 0.4) is 0 Å². The highest BCUT2D eigenvalue weighted by atomic mass is 15.1. The first-order chi connectivity index (χ1) is 12.8. The lowest BCUT2D eigenvalue weighted by Crippen LogP contribution is -2.05. The Morgan fingerprint density at radius 3 is 1.88 bits per heavy atom. The van der Waals surface area contributed by atoms with Crippen molar-refractivity contribution in [2.75, 3.05) is 5.73 Å². The van der Waals surface area contributed by atoms with Gasteiger partial charge in [0.25, 0.3) is 0 Å². The first-order valence-electron chi connectivity index (χ1n) is 10.7. The van der Waals surface area contributed by atoms with Crippen molar-refractivity contribution in [1.29, 1.82) is 0 Å². The lowest BCUT2D eigenvalue weighted by molar-refractivity contribution is 0.530. The van der Waals surface area contributed by atoms with Crippen LogP contribution in [0.5, 0.6) is 0 Å². The van der Waals surface area contributed by atoms with Gasteiger partial charge in [-0.1, -0.05) is 108 Å². The molecule has 1 aromatic carbocycles. The summed E-state index contributed by atoms with van der Waals surface area (Å²) in [7, 11) is 0. The van der Waals surface area contributed by atoms with E-state index in [0.29, 0.717) is 5.95 Å². The molecule has 0 atom stereocenters. The van der Waals surface area contributed by atoms with Crippen molar-refractivity contribution in [2.24, 2.45) is 0 Å². The summed E-state index contributed by atoms with van der Waals surface area (Å²) in [6, 6.07) is 10.4. The van der Waals surface area contributed by atoms with Crippen LogP contribution in [0.4, 0.5) is 5.95 Å². The summed E-state index contributed by atoms with van der Waals surface area (Å²) in [6.07, 6.45) is 18.4. The van der Waals surface area contributed by atoms with Crippen LogP contribution in [0.1, 0.15) is 84.0 Å². The number of nitrogen functional groups attached to an aromatic ring is 1. The molecule has 3 nitrogen and oxygen atoms in total. The molecule has 3 heteroatoms. The average molecular weight is 356 g/mol. The van der Waals surface area contributed by atoms with Gasteiger partial charge in [0, 0.05) is 6.54 Å². The number of hydrogen-bond donors (Lipinski definition) is 1. The quantitative estimate of drug-likeness (QED) is 0.377. The predicted molar refractivity (Wildman–Crippen MR) is 113 cm³/mol. The molecule has 1 heterocycles. The molecule has 0 saturated carbocycles. The summed E-state index contributed by atoms with van der Waals surface area (Å²) >= 11 is 0. The Morgan fingerprint density at radius 2 is 1.31 bits per heavy atom. The van der Waals surface area contributed by atoms with Crippen LogP contribution in [0.2, 0.25) is 0 Å². The topological polar surface area (TPSA) is 43.8 Å². The van der Waals surface area contributed by atoms with E-state index in [9.17, 15) is 0 Å². The van der Waals surface area contributed by atoms with Crippen LogP contribution in [-0.2, 0) is 6.54 Å². The van der Waals surface area contributed by atoms with Gasteiger partial charge >= 0.3 is 0 Å². The number of imidazole rings is 1. The Kier molecular flexibility index (Phi) is 9.92. The molecule has 0 fully saturated rings. The Balaban J connectivity index is 1.56. The molecule has 0 saturated heterocycles. The van der Waals surface area contributed by atoms with Crippen molar-refractivity contribution in [3.8, 4) is 11.3 Å². The summed E-state index contributed by atoms with van der Waals surface area (Å²) < 4.78 is 2.16. The molecule has 0 aliphatic rings. The maximum Gasteiger partial charge on any atom is 0.200 e. The van der Waals surface area contributed by atoms with Crippen LogP contribution >= 0.6 is 0 Å². The Labute approximate surface area is 160 Å². The van der Waals surface area contributed by atoms with Crippen molar-refractivity contribution in [2.45, 2.75) is 90.5 Å². The van der Waals surface area contributed by atoms with Crippen molar-refractivity contribution in [3.05, 3.63) is 36.5 Å². The summed E-state index contributed by atoms with van der Waals surface area (Å²) in [6.45, 7) is 3.25. The fourth-order valence-electron chi connectivity index (χ4n) is 3.58. The predicted octanol–water partition coefficient (Wildman–Crippen LogP) is 6.83. The molecular weight excluding hydrogens is 318 g/mol. The van der Waals surface area contributed by atoms with E-state index in [1.807, 2.05) is 12.3 Å². The highest BCUT2D eigenvalue weighted by Gasteiger charge is 2.08. The third-order valence-electron chi connectivity index (χ3n) is 5.19. The standard InChI is InChI=1S/C23H37N3/c1-2-3-4-5-6-7-8-9-10-11-12-16-19-26-22(20-25-23(26)24)21-17-14-13-15-18-21/h13-15,17-18,20H,2-12,16,19H2,1H3,(H2,24,25). The minimum Gasteiger partial charge on any atom is -0.369 e. The zero-order valence-corrected chi connectivity index (χ0v) is 16.6. The molecule has 0 unspecified atom stereocenters. The van der Waals surface area contributed by atoms with E-state index in [2.05, 4.69) is 40.7 Å². The van der Waals surface area contributed by atoms with E-state index < -0.39 is 0 Å². The van der Waals surface area contributed by atoms with Gasteiger partial charge in [0.05, 0.1) is 11.9 Å². The van der Waals surface area contributed by atoms with Gasteiger partial charge in [-0.3, -0.25) is 0 Å². The van der Waals surface area contributed by atoms with Gasteiger partial charge in [0.1, 0.15) is 0 Å². The number of hydrogen-bond acceptors (Lipinski definition) is 2. The SMILES string of the molecule is CCCCCCCCCCCCCCn1c(-c2ccccc2)cnc1N. The van der Waals surface area contributed by atoms with Crippen molar-refractivity contribution in [3.63, 3.8) is 0 Å². The highest BCUT2D eigenvalue weighted by Crippen LogP contribution is 2.22. The average Bonchev–Trinajstić information content (AvgIpc) is 3.04. The van der Waals surface area contributed by atoms with Gasteiger partial charge in [-0.2, -0.15) is 0 Å². The number of aromatic nitrogens is 2. The second-order valence-electron chi connectivity index (χ2n) is 7.41. The molecule has 0 radical (unpaired) electrons. The fourth-order valence-corrected chi connectivity index (χ4v) is 3.58. The molecule has 0 aliphatic heterocycles. The minimum atomic E-state index is 0.631. The second kappa shape index (κ2) is 12.6. The first-order valence-corrected chi connectivity index (χ1v) is 10.7. The maximum absolute atomic E-state index is 6.07. The van der Waals surface area contributed by atoms with E-state index in [1.165, 1.54) is 82.6 Å². The first kappa shape index (κ1) is 20.5. The van der Waals surface area contributed by atoms with Crippen LogP contribution in [0.25, 0.3) is 11.3 Å². The Hall–Kier alpha value is -1.77. The molecule has 0 spiro atoms. The third kappa shape index (κ3) is 7.23. The number of anilines is 1. The lowest BCUT2D eigenvalue weighted by Gasteiger charge is -2.10. The number of rotatable bonds is 14. The number of benzene rings is 1. The molecule has 2 N–H and O–H groups in total. The molecule has 2 aromatic rings. The minimum absolute atomic E-state index is 0.631. The molecule has 26 heavy (non-hydrogen) atoms. The van der Waals surface area contributed by atoms with Crippen molar-refractivity contribution >= 4 is 5.95 Å². The van der Waals surface area contributed by atoms with Crippen LogP contribution < -0.4 is 5.73 Å². The third-order valence-corrected chi connectivity index (χ3v) is 5.19. The molecular formula is C23H37N3. The number of nitrogens with zero attached hydrogens (tertiary/aromatic N) is 2. The lowest BCUT2D eigenvalue weighted by atomic mass is 10.1. The molecule has 0 amide bonds. The smallest absolute Gasteiger partial charge is 0.200 e. The molecule has 0 aliphatic carbocycles. The Bertz CT molecular complexity index is 589. The van der Waals surface area contributed by atoms with Gasteiger partial charge in [-0.25, -0.2) is 4.98 Å². The van der Waals surface area contributed by atoms with Crippen molar-refractivity contribution in [1.82, 2.24) is 9.55 Å². The Morgan fingerprint density at radius 1 is 0.769 bits per heavy atom. The summed E-state index contributed by atoms with van der Waals surface area (Å²) in [5.41, 5.74) is 8.39. The van der Waals surface area contributed by atoms with Gasteiger partial charge in [0.2, 0.25) is 5.95 Å². The molecule has 1 aromatic heterocycles. The highest BCUT2D eigenvalue weighted by molar-refractivity contribution is 5.60. The van der Waals surface area contributed by atoms with Crippen LogP contribution in [0.15, 0.2) is 36.5 Å². The van der Waals surface area contributed by atoms with E-state index in [1.54, 1.807) is 0 Å². The summed E-state index contributed by atoms with van der Waals surface area (Å²) in [5.74, 6) is 0.631. The monoisotopic (exact) mass is 355 g/mol. The summed E-state index contributed by atoms with van der Waals surface area (Å²) in [5, 5.41) is 0. The van der Waals surface area contributed by atoms with Crippen LogP contribution in [0, 0.1) is 0 Å². The normalized spacial score (nSPS) is 11.1. The molecule has 0 bridgehead atoms. The maximum atomic E-state index is 6.07. The van der Waals surface area contributed by atoms with Gasteiger partial charge < -0.3 is 10.3 Å². The summed E-state index contributed by atoms with van der Waals surface area (Å²) in [4.78, 5) is 4.31. The van der Waals surface area contributed by atoms with E-state index in [-0.39, 0.29) is 0 Å². The van der Waals surface area contributed by atoms with Gasteiger partial charge in [-0.05, 0) is 12.0 Å². The number of unbranched alkanes of at least 4 members (excludes halogenated alkanes) is 11. The van der Waals surface area contributed by atoms with E-state index >= 15 is 0 Å².